The van der Waals surface area contributed by atoms with E-state index in [1.165, 1.54) is 42.9 Å². The molecule has 0 unspecified atom stereocenters. The number of oxazole rings is 1. The average molecular weight is 404 g/mol. The Morgan fingerprint density at radius 2 is 1.79 bits per heavy atom. The topological polar surface area (TPSA) is 98.8 Å². The zero-order valence-electron chi connectivity index (χ0n) is 15.5. The van der Waals surface area contributed by atoms with Crippen molar-refractivity contribution in [3.63, 3.8) is 0 Å². The van der Waals surface area contributed by atoms with Gasteiger partial charge < -0.3 is 9.15 Å². The highest BCUT2D eigenvalue weighted by Gasteiger charge is 2.18. The molecule has 3 rings (SSSR count). The van der Waals surface area contributed by atoms with Gasteiger partial charge in [-0.1, -0.05) is 12.1 Å². The number of nitrogens with zero attached hydrogens (tertiary/aromatic N) is 2. The Balaban J connectivity index is 1.57. The number of sulfonamides is 1. The van der Waals surface area contributed by atoms with Crippen molar-refractivity contribution in [1.82, 2.24) is 8.87 Å². The van der Waals surface area contributed by atoms with Crippen molar-refractivity contribution in [2.45, 2.75) is 17.9 Å². The fourth-order valence-corrected chi connectivity index (χ4v) is 3.57. The minimum atomic E-state index is -3.55. The monoisotopic (exact) mass is 404 g/mol. The van der Waals surface area contributed by atoms with E-state index >= 15 is 0 Å². The standard InChI is InChI=1S/C19H20N2O6S/c1-20(2)28(24,25)15-10-8-14(9-11-15)18(22)26-13-5-12-21-16-6-3-4-7-17(16)27-19(21)23/h3-4,6-11H,5,12-13H2,1-2H3. The second-order valence-electron chi connectivity index (χ2n) is 6.29. The van der Waals surface area contributed by atoms with Crippen LogP contribution >= 0.6 is 0 Å². The van der Waals surface area contributed by atoms with Gasteiger partial charge in [0.1, 0.15) is 0 Å². The molecule has 0 aliphatic rings. The maximum absolute atomic E-state index is 12.1. The van der Waals surface area contributed by atoms with Crippen LogP contribution in [0.3, 0.4) is 0 Å². The summed E-state index contributed by atoms with van der Waals surface area (Å²) < 4.78 is 37.0. The third-order valence-corrected chi connectivity index (χ3v) is 6.03. The maximum Gasteiger partial charge on any atom is 0.419 e. The lowest BCUT2D eigenvalue weighted by Crippen LogP contribution is -2.22. The van der Waals surface area contributed by atoms with Crippen LogP contribution in [-0.2, 0) is 21.3 Å². The van der Waals surface area contributed by atoms with Crippen LogP contribution < -0.4 is 5.76 Å². The first-order chi connectivity index (χ1) is 13.3. The van der Waals surface area contributed by atoms with E-state index in [4.69, 9.17) is 9.15 Å². The molecule has 0 aliphatic heterocycles. The summed E-state index contributed by atoms with van der Waals surface area (Å²) in [6.07, 6.45) is 0.433. The zero-order valence-corrected chi connectivity index (χ0v) is 16.3. The van der Waals surface area contributed by atoms with E-state index in [1.807, 2.05) is 6.07 Å². The molecule has 0 amide bonds. The van der Waals surface area contributed by atoms with Gasteiger partial charge in [-0.2, -0.15) is 0 Å². The van der Waals surface area contributed by atoms with E-state index < -0.39 is 21.7 Å². The molecule has 0 bridgehead atoms. The van der Waals surface area contributed by atoms with Crippen molar-refractivity contribution in [3.05, 3.63) is 64.6 Å². The van der Waals surface area contributed by atoms with E-state index in [2.05, 4.69) is 0 Å². The van der Waals surface area contributed by atoms with Crippen LogP contribution in [0.25, 0.3) is 11.1 Å². The van der Waals surface area contributed by atoms with Crippen molar-refractivity contribution in [3.8, 4) is 0 Å². The number of carbonyl (C=O) groups is 1. The number of fused-ring (bicyclic) bond motifs is 1. The molecular weight excluding hydrogens is 384 g/mol. The highest BCUT2D eigenvalue weighted by atomic mass is 32.2. The molecule has 0 fully saturated rings. The number of aromatic nitrogens is 1. The average Bonchev–Trinajstić information content (AvgIpc) is 3.00. The van der Waals surface area contributed by atoms with Crippen LogP contribution in [0, 0.1) is 0 Å². The van der Waals surface area contributed by atoms with Gasteiger partial charge in [0.15, 0.2) is 5.58 Å². The molecule has 148 valence electrons. The van der Waals surface area contributed by atoms with Crippen LogP contribution in [0.5, 0.6) is 0 Å². The lowest BCUT2D eigenvalue weighted by Gasteiger charge is -2.11. The number of esters is 1. The molecule has 0 radical (unpaired) electrons. The molecule has 1 aromatic heterocycles. The van der Waals surface area contributed by atoms with Gasteiger partial charge in [0.05, 0.1) is 22.6 Å². The number of ether oxygens (including phenoxy) is 1. The van der Waals surface area contributed by atoms with Crippen LogP contribution in [-0.4, -0.2) is 44.0 Å². The molecule has 0 spiro atoms. The fraction of sp³-hybridized carbons (Fsp3) is 0.263. The Hall–Kier alpha value is -2.91. The molecule has 1 heterocycles. The summed E-state index contributed by atoms with van der Waals surface area (Å²) in [7, 11) is -0.674. The van der Waals surface area contributed by atoms with Crippen molar-refractivity contribution in [2.75, 3.05) is 20.7 Å². The predicted octanol–water partition coefficient (Wildman–Crippen LogP) is 2.09. The lowest BCUT2D eigenvalue weighted by molar-refractivity contribution is 0.0495. The zero-order chi connectivity index (χ0) is 20.3. The summed E-state index contributed by atoms with van der Waals surface area (Å²) in [6.45, 7) is 0.464. The van der Waals surface area contributed by atoms with E-state index in [-0.39, 0.29) is 17.1 Å². The van der Waals surface area contributed by atoms with Crippen LogP contribution in [0.15, 0.2) is 62.6 Å². The first-order valence-electron chi connectivity index (χ1n) is 8.59. The lowest BCUT2D eigenvalue weighted by atomic mass is 10.2. The molecule has 8 nitrogen and oxygen atoms in total. The summed E-state index contributed by atoms with van der Waals surface area (Å²) in [4.78, 5) is 24.1. The van der Waals surface area contributed by atoms with Crippen LogP contribution in [0.2, 0.25) is 0 Å². The third kappa shape index (κ3) is 4.00. The fourth-order valence-electron chi connectivity index (χ4n) is 2.67. The minimum Gasteiger partial charge on any atom is -0.462 e. The molecule has 0 saturated carbocycles. The molecule has 0 aliphatic carbocycles. The molecule has 2 aromatic carbocycles. The van der Waals surface area contributed by atoms with E-state index in [0.29, 0.717) is 24.1 Å². The van der Waals surface area contributed by atoms with Gasteiger partial charge in [0.25, 0.3) is 0 Å². The van der Waals surface area contributed by atoms with Crippen LogP contribution in [0.4, 0.5) is 0 Å². The third-order valence-electron chi connectivity index (χ3n) is 4.20. The normalized spacial score (nSPS) is 11.8. The molecule has 28 heavy (non-hydrogen) atoms. The maximum atomic E-state index is 12.1. The Morgan fingerprint density at radius 3 is 2.46 bits per heavy atom. The van der Waals surface area contributed by atoms with Gasteiger partial charge in [-0.05, 0) is 42.8 Å². The SMILES string of the molecule is CN(C)S(=O)(=O)c1ccc(C(=O)OCCCn2c(=O)oc3ccccc32)cc1. The van der Waals surface area contributed by atoms with Gasteiger partial charge in [-0.3, -0.25) is 4.57 Å². The predicted molar refractivity (Wildman–Crippen MR) is 103 cm³/mol. The molecule has 0 atom stereocenters. The highest BCUT2D eigenvalue weighted by Crippen LogP contribution is 2.15. The van der Waals surface area contributed by atoms with Crippen LogP contribution in [0.1, 0.15) is 16.8 Å². The summed E-state index contributed by atoms with van der Waals surface area (Å²) in [5.41, 5.74) is 1.46. The van der Waals surface area contributed by atoms with Gasteiger partial charge in [0, 0.05) is 20.6 Å². The molecule has 0 saturated heterocycles. The summed E-state index contributed by atoms with van der Waals surface area (Å²) >= 11 is 0. The first kappa shape index (κ1) is 19.8. The number of carbonyl (C=O) groups excluding carboxylic acids is 1. The largest absolute Gasteiger partial charge is 0.462 e. The Morgan fingerprint density at radius 1 is 1.11 bits per heavy atom. The van der Waals surface area contributed by atoms with Crippen molar-refractivity contribution >= 4 is 27.1 Å². The number of benzene rings is 2. The molecule has 3 aromatic rings. The smallest absolute Gasteiger partial charge is 0.419 e. The van der Waals surface area contributed by atoms with Crippen molar-refractivity contribution < 1.29 is 22.4 Å². The molecule has 9 heteroatoms. The van der Waals surface area contributed by atoms with Gasteiger partial charge in [0.2, 0.25) is 10.0 Å². The second-order valence-corrected chi connectivity index (χ2v) is 8.44. The van der Waals surface area contributed by atoms with Gasteiger partial charge in [-0.25, -0.2) is 22.3 Å². The van der Waals surface area contributed by atoms with Gasteiger partial charge >= 0.3 is 11.7 Å². The summed E-state index contributed by atoms with van der Waals surface area (Å²) in [5, 5.41) is 0. The summed E-state index contributed by atoms with van der Waals surface area (Å²) in [5.74, 6) is -1.01. The Kier molecular flexibility index (Phi) is 5.66. The number of rotatable bonds is 7. The van der Waals surface area contributed by atoms with Crippen molar-refractivity contribution in [2.24, 2.45) is 0 Å². The first-order valence-corrected chi connectivity index (χ1v) is 10.0. The van der Waals surface area contributed by atoms with Crippen molar-refractivity contribution in [1.29, 1.82) is 0 Å². The highest BCUT2D eigenvalue weighted by molar-refractivity contribution is 7.89. The number of hydrogen-bond acceptors (Lipinski definition) is 6. The van der Waals surface area contributed by atoms with E-state index in [9.17, 15) is 18.0 Å². The van der Waals surface area contributed by atoms with E-state index in [0.717, 1.165) is 4.31 Å². The Bertz CT molecular complexity index is 1140. The molecular formula is C19H20N2O6S. The minimum absolute atomic E-state index is 0.0975. The van der Waals surface area contributed by atoms with E-state index in [1.54, 1.807) is 18.2 Å². The summed E-state index contributed by atoms with van der Waals surface area (Å²) in [6, 6.07) is 12.6. The number of aryl methyl sites for hydroxylation is 1. The second kappa shape index (κ2) is 7.99. The molecule has 0 N–H and O–H groups in total. The Labute approximate surface area is 162 Å². The number of hydrogen-bond donors (Lipinski definition) is 0. The quantitative estimate of drug-likeness (QED) is 0.442. The van der Waals surface area contributed by atoms with Gasteiger partial charge in [-0.15, -0.1) is 0 Å². The number of para-hydroxylation sites is 2.